The molecular formula is C52H53FN6O6Si. The third-order valence-electron chi connectivity index (χ3n) is 13.3. The van der Waals surface area contributed by atoms with Crippen molar-refractivity contribution in [2.24, 2.45) is 16.1 Å². The molecule has 14 heteroatoms. The van der Waals surface area contributed by atoms with Crippen LogP contribution in [0, 0.1) is 5.92 Å². The van der Waals surface area contributed by atoms with Gasteiger partial charge in [0.1, 0.15) is 0 Å². The van der Waals surface area contributed by atoms with Crippen LogP contribution in [0.3, 0.4) is 0 Å². The number of hydrogen-bond acceptors (Lipinski definition) is 8. The Labute approximate surface area is 385 Å². The van der Waals surface area contributed by atoms with Gasteiger partial charge < -0.3 is 23.8 Å². The number of fused-ring (bicyclic) bond motifs is 2. The lowest BCUT2D eigenvalue weighted by atomic mass is 9.82. The van der Waals surface area contributed by atoms with Gasteiger partial charge in [-0.25, -0.2) is 10.0 Å². The monoisotopic (exact) mass is 904 g/mol. The third-order valence-corrected chi connectivity index (χ3v) is 15.8. The molecule has 4 aliphatic heterocycles. The minimum atomic E-state index is -3.69. The molecule has 66 heavy (non-hydrogen) atoms. The zero-order valence-electron chi connectivity index (χ0n) is 37.3. The number of carbonyl (C=O) groups is 4. The fourth-order valence-electron chi connectivity index (χ4n) is 10.2. The van der Waals surface area contributed by atoms with Crippen molar-refractivity contribution in [1.82, 2.24) is 4.90 Å². The molecule has 1 spiro atoms. The lowest BCUT2D eigenvalue weighted by Gasteiger charge is -2.31. The van der Waals surface area contributed by atoms with Crippen molar-refractivity contribution in [3.8, 4) is 0 Å². The summed E-state index contributed by atoms with van der Waals surface area (Å²) >= 11 is 0. The van der Waals surface area contributed by atoms with Crippen molar-refractivity contribution in [2.45, 2.75) is 82.5 Å². The van der Waals surface area contributed by atoms with Crippen molar-refractivity contribution >= 4 is 60.5 Å². The number of rotatable bonds is 13. The lowest BCUT2D eigenvalue weighted by molar-refractivity contribution is -0.150. The van der Waals surface area contributed by atoms with Gasteiger partial charge in [0, 0.05) is 55.8 Å². The van der Waals surface area contributed by atoms with E-state index in [-0.39, 0.29) is 56.8 Å². The quantitative estimate of drug-likeness (QED) is 0.0931. The van der Waals surface area contributed by atoms with Crippen LogP contribution in [-0.4, -0.2) is 72.7 Å². The van der Waals surface area contributed by atoms with E-state index in [9.17, 15) is 19.5 Å². The van der Waals surface area contributed by atoms with Gasteiger partial charge in [-0.3, -0.25) is 19.2 Å². The summed E-state index contributed by atoms with van der Waals surface area (Å²) < 4.78 is 24.0. The number of aliphatic hydroxyl groups is 1. The van der Waals surface area contributed by atoms with E-state index in [1.165, 1.54) is 10.0 Å². The van der Waals surface area contributed by atoms with Crippen LogP contribution in [0.15, 0.2) is 144 Å². The SMILES string of the molecule is C[C@@H]1[C@@H]([Si](C)(C)F)[C@H](CC(=O)N(CCO)Cc2ccccc2)O[C@@]12C(=O)N(Cc1ccc(N3N=C(c4ccccc4)CCC3=O)cc1)c1ccc(N3N=C(c4ccccc4)CCC3=O)cc12. The number of aliphatic hydroxyl groups excluding tert-OH is 1. The summed E-state index contributed by atoms with van der Waals surface area (Å²) in [6.45, 7) is 5.18. The van der Waals surface area contributed by atoms with E-state index in [0.29, 0.717) is 41.9 Å². The number of amides is 4. The molecule has 12 nitrogen and oxygen atoms in total. The van der Waals surface area contributed by atoms with Crippen molar-refractivity contribution in [1.29, 1.82) is 0 Å². The Morgan fingerprint density at radius 1 is 0.758 bits per heavy atom. The molecule has 1 N–H and O–H groups in total. The maximum atomic E-state index is 17.0. The average molecular weight is 905 g/mol. The number of anilines is 3. The highest BCUT2D eigenvalue weighted by Gasteiger charge is 2.67. The van der Waals surface area contributed by atoms with Crippen LogP contribution >= 0.6 is 0 Å². The second kappa shape index (κ2) is 18.3. The van der Waals surface area contributed by atoms with E-state index in [1.807, 2.05) is 122 Å². The van der Waals surface area contributed by atoms with Crippen molar-refractivity contribution in [3.05, 3.63) is 161 Å². The molecule has 0 aromatic heterocycles. The minimum Gasteiger partial charge on any atom is -0.395 e. The number of hydrogen-bond donors (Lipinski definition) is 1. The predicted molar refractivity (Wildman–Crippen MR) is 255 cm³/mol. The van der Waals surface area contributed by atoms with Gasteiger partial charge in [0.15, 0.2) is 5.60 Å². The summed E-state index contributed by atoms with van der Waals surface area (Å²) in [5.74, 6) is -1.78. The Bertz CT molecular complexity index is 2700. The largest absolute Gasteiger partial charge is 0.395 e. The standard InChI is InChI=1S/C52H53FN6O6Si/c1-35-50(66(2,3)53)46(32-49(63)56(29-30-60)33-36-13-7-4-8-14-36)65-52(35)42-31-41(59-48(62)28-25-44(55-59)39-17-11-6-12-18-39)23-26-45(42)57(51(52)64)34-37-19-21-40(22-20-37)58-47(61)27-24-43(54-58)38-15-9-5-10-16-38/h4-23,26,31,35,46,50,60H,24-25,27-30,32-34H2,1-3H3/t35-,46+,50-,52+/m1/s1. The van der Waals surface area contributed by atoms with Crippen LogP contribution in [-0.2, 0) is 42.6 Å². The first kappa shape index (κ1) is 44.6. The zero-order chi connectivity index (χ0) is 46.2. The summed E-state index contributed by atoms with van der Waals surface area (Å²) in [6.07, 6.45) is 0.379. The van der Waals surface area contributed by atoms with Crippen molar-refractivity contribution < 1.29 is 33.1 Å². The number of carbonyl (C=O) groups excluding carboxylic acids is 4. The normalized spacial score (nSPS) is 21.9. The Balaban J connectivity index is 1.08. The smallest absolute Gasteiger partial charge is 0.264 e. The number of hydrazone groups is 2. The summed E-state index contributed by atoms with van der Waals surface area (Å²) in [5, 5.41) is 22.3. The van der Waals surface area contributed by atoms with Crippen LogP contribution in [0.25, 0.3) is 0 Å². The first-order valence-corrected chi connectivity index (χ1v) is 25.6. The highest BCUT2D eigenvalue weighted by atomic mass is 28.4. The fourth-order valence-corrected chi connectivity index (χ4v) is 12.6. The van der Waals surface area contributed by atoms with Gasteiger partial charge in [-0.2, -0.15) is 10.2 Å². The molecule has 1 fully saturated rings. The highest BCUT2D eigenvalue weighted by Crippen LogP contribution is 2.61. The zero-order valence-corrected chi connectivity index (χ0v) is 38.3. The molecule has 0 aliphatic carbocycles. The first-order valence-electron chi connectivity index (χ1n) is 22.6. The Morgan fingerprint density at radius 3 is 1.86 bits per heavy atom. The second-order valence-electron chi connectivity index (χ2n) is 18.0. The molecule has 0 saturated carbocycles. The molecule has 5 aromatic rings. The van der Waals surface area contributed by atoms with E-state index in [4.69, 9.17) is 14.9 Å². The average Bonchev–Trinajstić information content (AvgIpc) is 3.75. The summed E-state index contributed by atoms with van der Waals surface area (Å²) in [6, 6.07) is 41.6. The van der Waals surface area contributed by atoms with Crippen LogP contribution in [0.5, 0.6) is 0 Å². The number of halogens is 1. The predicted octanol–water partition coefficient (Wildman–Crippen LogP) is 8.48. The van der Waals surface area contributed by atoms with Crippen LogP contribution in [0.4, 0.5) is 21.2 Å². The Hall–Kier alpha value is -6.61. The molecule has 0 unspecified atom stereocenters. The van der Waals surface area contributed by atoms with Gasteiger partial charge in [-0.15, -0.1) is 0 Å². The molecule has 338 valence electrons. The van der Waals surface area contributed by atoms with Gasteiger partial charge in [0.25, 0.3) is 5.91 Å². The molecule has 1 saturated heterocycles. The van der Waals surface area contributed by atoms with Crippen LogP contribution in [0.2, 0.25) is 18.6 Å². The Morgan fingerprint density at radius 2 is 1.30 bits per heavy atom. The van der Waals surface area contributed by atoms with E-state index in [1.54, 1.807) is 41.1 Å². The van der Waals surface area contributed by atoms with Gasteiger partial charge >= 0.3 is 0 Å². The Kier molecular flexibility index (Phi) is 12.4. The maximum absolute atomic E-state index is 17.0. The molecular weight excluding hydrogens is 852 g/mol. The molecule has 5 aromatic carbocycles. The van der Waals surface area contributed by atoms with Crippen LogP contribution in [0.1, 0.15) is 66.8 Å². The van der Waals surface area contributed by atoms with Gasteiger partial charge in [0.2, 0.25) is 26.1 Å². The molecule has 4 atom stereocenters. The summed E-state index contributed by atoms with van der Waals surface area (Å²) in [4.78, 5) is 59.7. The van der Waals surface area contributed by atoms with Gasteiger partial charge in [-0.05, 0) is 65.7 Å². The maximum Gasteiger partial charge on any atom is 0.264 e. The summed E-state index contributed by atoms with van der Waals surface area (Å²) in [5.41, 5.74) is 4.59. The van der Waals surface area contributed by atoms with Gasteiger partial charge in [-0.1, -0.05) is 110 Å². The second-order valence-corrected chi connectivity index (χ2v) is 21.8. The van der Waals surface area contributed by atoms with Crippen molar-refractivity contribution in [2.75, 3.05) is 28.1 Å². The van der Waals surface area contributed by atoms with Crippen molar-refractivity contribution in [3.63, 3.8) is 0 Å². The molecule has 0 bridgehead atoms. The van der Waals surface area contributed by atoms with Gasteiger partial charge in [0.05, 0.1) is 54.2 Å². The lowest BCUT2D eigenvalue weighted by Crippen LogP contribution is -2.45. The number of benzene rings is 5. The van der Waals surface area contributed by atoms with E-state index in [2.05, 4.69) is 0 Å². The minimum absolute atomic E-state index is 0.0712. The van der Waals surface area contributed by atoms with E-state index < -0.39 is 37.5 Å². The first-order chi connectivity index (χ1) is 31.8. The molecule has 4 heterocycles. The fraction of sp³-hybridized carbons (Fsp3) is 0.308. The summed E-state index contributed by atoms with van der Waals surface area (Å²) in [7, 11) is -3.69. The molecule has 4 aliphatic rings. The van der Waals surface area contributed by atoms with Crippen LogP contribution < -0.4 is 14.9 Å². The topological polar surface area (TPSA) is 135 Å². The molecule has 0 radical (unpaired) electrons. The van der Waals surface area contributed by atoms with E-state index >= 15 is 8.90 Å². The third kappa shape index (κ3) is 8.51. The number of ether oxygens (including phenoxy) is 1. The number of nitrogens with zero attached hydrogens (tertiary/aromatic N) is 6. The molecule has 9 rings (SSSR count). The highest BCUT2D eigenvalue weighted by molar-refractivity contribution is 6.72. The molecule has 4 amide bonds. The van der Waals surface area contributed by atoms with E-state index in [0.717, 1.165) is 33.7 Å².